The molecule has 0 fully saturated rings. The van der Waals surface area contributed by atoms with E-state index in [0.29, 0.717) is 0 Å². The highest BCUT2D eigenvalue weighted by atomic mass is 16.3. The molecule has 0 atom stereocenters. The standard InChI is InChI=1S/C20H24O2/c1-6-7-8-16-14(4)15(5)18(21)11-17(16)20-13(3)9-12(2)10-19(20)22/h6,9-11,21-22H,1,7-8H2,2-5H3. The monoisotopic (exact) mass is 296 g/mol. The Morgan fingerprint density at radius 3 is 2.23 bits per heavy atom. The molecule has 2 nitrogen and oxygen atoms in total. The van der Waals surface area contributed by atoms with Crippen molar-refractivity contribution in [3.8, 4) is 22.6 Å². The molecule has 0 saturated heterocycles. The van der Waals surface area contributed by atoms with E-state index in [1.54, 1.807) is 12.1 Å². The van der Waals surface area contributed by atoms with E-state index in [4.69, 9.17) is 0 Å². The highest BCUT2D eigenvalue weighted by molar-refractivity contribution is 5.79. The number of phenolic OH excluding ortho intramolecular Hbond substituents is 2. The van der Waals surface area contributed by atoms with Crippen LogP contribution in [-0.4, -0.2) is 10.2 Å². The fraction of sp³-hybridized carbons (Fsp3) is 0.300. The Labute approximate surface area is 132 Å². The van der Waals surface area contributed by atoms with E-state index in [-0.39, 0.29) is 11.5 Å². The van der Waals surface area contributed by atoms with Gasteiger partial charge in [0.05, 0.1) is 0 Å². The van der Waals surface area contributed by atoms with Crippen molar-refractivity contribution < 1.29 is 10.2 Å². The van der Waals surface area contributed by atoms with E-state index in [9.17, 15) is 10.2 Å². The SMILES string of the molecule is C=CCCc1c(-c2c(C)cc(C)cc2O)cc(O)c(C)c1C. The Morgan fingerprint density at radius 1 is 0.955 bits per heavy atom. The second kappa shape index (κ2) is 6.27. The third-order valence-corrected chi connectivity index (χ3v) is 4.33. The minimum absolute atomic E-state index is 0.264. The summed E-state index contributed by atoms with van der Waals surface area (Å²) in [5.74, 6) is 0.536. The van der Waals surface area contributed by atoms with Crippen molar-refractivity contribution in [3.05, 3.63) is 58.7 Å². The summed E-state index contributed by atoms with van der Waals surface area (Å²) in [6.45, 7) is 11.7. The lowest BCUT2D eigenvalue weighted by Gasteiger charge is -2.19. The zero-order chi connectivity index (χ0) is 16.4. The number of rotatable bonds is 4. The van der Waals surface area contributed by atoms with E-state index < -0.39 is 0 Å². The Hall–Kier alpha value is -2.22. The number of aromatic hydroxyl groups is 2. The van der Waals surface area contributed by atoms with E-state index >= 15 is 0 Å². The third-order valence-electron chi connectivity index (χ3n) is 4.33. The summed E-state index contributed by atoms with van der Waals surface area (Å²) in [5.41, 5.74) is 6.90. The first kappa shape index (κ1) is 16.2. The van der Waals surface area contributed by atoms with Crippen LogP contribution in [0, 0.1) is 27.7 Å². The molecule has 0 bridgehead atoms. The normalized spacial score (nSPS) is 10.7. The molecule has 0 saturated carbocycles. The maximum Gasteiger partial charge on any atom is 0.123 e. The summed E-state index contributed by atoms with van der Waals surface area (Å²) in [6.07, 6.45) is 3.61. The summed E-state index contributed by atoms with van der Waals surface area (Å²) in [5, 5.41) is 20.7. The van der Waals surface area contributed by atoms with Gasteiger partial charge in [0.15, 0.2) is 0 Å². The van der Waals surface area contributed by atoms with Gasteiger partial charge < -0.3 is 10.2 Å². The van der Waals surface area contributed by atoms with Gasteiger partial charge in [-0.1, -0.05) is 12.1 Å². The smallest absolute Gasteiger partial charge is 0.123 e. The molecule has 2 heteroatoms. The number of hydrogen-bond acceptors (Lipinski definition) is 2. The van der Waals surface area contributed by atoms with E-state index in [1.807, 2.05) is 33.8 Å². The summed E-state index contributed by atoms with van der Waals surface area (Å²) < 4.78 is 0. The van der Waals surface area contributed by atoms with Crippen LogP contribution in [0.15, 0.2) is 30.9 Å². The molecule has 116 valence electrons. The molecule has 0 radical (unpaired) electrons. The van der Waals surface area contributed by atoms with Crippen molar-refractivity contribution in [2.45, 2.75) is 40.5 Å². The van der Waals surface area contributed by atoms with Gasteiger partial charge in [-0.3, -0.25) is 0 Å². The lowest BCUT2D eigenvalue weighted by atomic mass is 9.87. The molecule has 0 aromatic heterocycles. The Kier molecular flexibility index (Phi) is 4.60. The van der Waals surface area contributed by atoms with Gasteiger partial charge in [0.25, 0.3) is 0 Å². The Bertz CT molecular complexity index is 704. The molecular formula is C20H24O2. The molecule has 2 N–H and O–H groups in total. The number of phenols is 2. The van der Waals surface area contributed by atoms with Crippen LogP contribution in [0.2, 0.25) is 0 Å². The molecule has 0 aliphatic heterocycles. The molecule has 22 heavy (non-hydrogen) atoms. The molecule has 0 aliphatic rings. The van der Waals surface area contributed by atoms with Gasteiger partial charge >= 0.3 is 0 Å². The highest BCUT2D eigenvalue weighted by Gasteiger charge is 2.17. The van der Waals surface area contributed by atoms with Gasteiger partial charge in [0.2, 0.25) is 0 Å². The number of benzene rings is 2. The zero-order valence-corrected chi connectivity index (χ0v) is 13.8. The fourth-order valence-electron chi connectivity index (χ4n) is 3.04. The van der Waals surface area contributed by atoms with Gasteiger partial charge in [0.1, 0.15) is 11.5 Å². The quantitative estimate of drug-likeness (QED) is 0.769. The number of hydrogen-bond donors (Lipinski definition) is 2. The van der Waals surface area contributed by atoms with E-state index in [2.05, 4.69) is 12.6 Å². The van der Waals surface area contributed by atoms with Gasteiger partial charge in [-0.05, 0) is 86.1 Å². The largest absolute Gasteiger partial charge is 0.508 e. The maximum absolute atomic E-state index is 10.4. The van der Waals surface area contributed by atoms with E-state index in [0.717, 1.165) is 51.8 Å². The second-order valence-corrected chi connectivity index (χ2v) is 5.98. The first-order valence-electron chi connectivity index (χ1n) is 7.60. The summed E-state index contributed by atoms with van der Waals surface area (Å²) >= 11 is 0. The average molecular weight is 296 g/mol. The summed E-state index contributed by atoms with van der Waals surface area (Å²) in [4.78, 5) is 0. The van der Waals surface area contributed by atoms with E-state index in [1.165, 1.54) is 0 Å². The molecule has 2 rings (SSSR count). The van der Waals surface area contributed by atoms with Crippen LogP contribution in [0.4, 0.5) is 0 Å². The van der Waals surface area contributed by atoms with Gasteiger partial charge in [0, 0.05) is 5.56 Å². The third kappa shape index (κ3) is 2.87. The second-order valence-electron chi connectivity index (χ2n) is 5.98. The first-order valence-corrected chi connectivity index (χ1v) is 7.60. The van der Waals surface area contributed by atoms with Gasteiger partial charge in [-0.15, -0.1) is 6.58 Å². The number of aryl methyl sites for hydroxylation is 2. The molecular weight excluding hydrogens is 272 g/mol. The summed E-state index contributed by atoms with van der Waals surface area (Å²) in [6, 6.07) is 5.60. The maximum atomic E-state index is 10.4. The Balaban J connectivity index is 2.77. The predicted molar refractivity (Wildman–Crippen MR) is 92.7 cm³/mol. The average Bonchev–Trinajstić information content (AvgIpc) is 2.43. The van der Waals surface area contributed by atoms with Crippen molar-refractivity contribution in [2.24, 2.45) is 0 Å². The summed E-state index contributed by atoms with van der Waals surface area (Å²) in [7, 11) is 0. The molecule has 2 aromatic rings. The van der Waals surface area contributed by atoms with Crippen LogP contribution in [0.5, 0.6) is 11.5 Å². The van der Waals surface area contributed by atoms with Crippen molar-refractivity contribution >= 4 is 0 Å². The molecule has 0 spiro atoms. The van der Waals surface area contributed by atoms with Crippen molar-refractivity contribution in [1.29, 1.82) is 0 Å². The van der Waals surface area contributed by atoms with Crippen LogP contribution in [0.25, 0.3) is 11.1 Å². The molecule has 0 aliphatic carbocycles. The van der Waals surface area contributed by atoms with Crippen molar-refractivity contribution in [3.63, 3.8) is 0 Å². The highest BCUT2D eigenvalue weighted by Crippen LogP contribution is 2.40. The van der Waals surface area contributed by atoms with Crippen LogP contribution in [0.1, 0.15) is 34.2 Å². The molecule has 2 aromatic carbocycles. The van der Waals surface area contributed by atoms with Gasteiger partial charge in [-0.25, -0.2) is 0 Å². The predicted octanol–water partition coefficient (Wildman–Crippen LogP) is 5.12. The van der Waals surface area contributed by atoms with Crippen LogP contribution in [-0.2, 0) is 6.42 Å². The lowest BCUT2D eigenvalue weighted by Crippen LogP contribution is -1.99. The number of allylic oxidation sites excluding steroid dienone is 1. The van der Waals surface area contributed by atoms with Gasteiger partial charge in [-0.2, -0.15) is 0 Å². The van der Waals surface area contributed by atoms with Crippen LogP contribution in [0.3, 0.4) is 0 Å². The topological polar surface area (TPSA) is 40.5 Å². The fourth-order valence-corrected chi connectivity index (χ4v) is 3.04. The molecule has 0 heterocycles. The first-order chi connectivity index (χ1) is 10.4. The molecule has 0 amide bonds. The van der Waals surface area contributed by atoms with Crippen molar-refractivity contribution in [1.82, 2.24) is 0 Å². The van der Waals surface area contributed by atoms with Crippen LogP contribution < -0.4 is 0 Å². The minimum atomic E-state index is 0.264. The zero-order valence-electron chi connectivity index (χ0n) is 13.8. The Morgan fingerprint density at radius 2 is 1.64 bits per heavy atom. The minimum Gasteiger partial charge on any atom is -0.508 e. The molecule has 0 unspecified atom stereocenters. The van der Waals surface area contributed by atoms with Crippen LogP contribution >= 0.6 is 0 Å². The lowest BCUT2D eigenvalue weighted by molar-refractivity contribution is 0.469. The van der Waals surface area contributed by atoms with Crippen molar-refractivity contribution in [2.75, 3.05) is 0 Å².